The molecule has 0 aliphatic carbocycles. The summed E-state index contributed by atoms with van der Waals surface area (Å²) in [7, 11) is 0. The van der Waals surface area contributed by atoms with Gasteiger partial charge in [0.15, 0.2) is 0 Å². The van der Waals surface area contributed by atoms with Crippen LogP contribution in [-0.4, -0.2) is 41.0 Å². The van der Waals surface area contributed by atoms with Gasteiger partial charge in [-0.05, 0) is 52.7 Å². The summed E-state index contributed by atoms with van der Waals surface area (Å²) in [4.78, 5) is 21.7. The Balaban J connectivity index is 1.96. The van der Waals surface area contributed by atoms with Crippen LogP contribution < -0.4 is 10.9 Å². The number of hydrogen-bond acceptors (Lipinski definition) is 4. The smallest absolute Gasteiger partial charge is 0.255 e. The molecule has 1 aliphatic heterocycles. The normalized spacial score (nSPS) is 21.3. The van der Waals surface area contributed by atoms with Crippen molar-refractivity contribution < 1.29 is 0 Å². The summed E-state index contributed by atoms with van der Waals surface area (Å²) >= 11 is 0. The van der Waals surface area contributed by atoms with Gasteiger partial charge >= 0.3 is 0 Å². The molecule has 1 aromatic rings. The van der Waals surface area contributed by atoms with Crippen molar-refractivity contribution in [2.45, 2.75) is 40.2 Å². The van der Waals surface area contributed by atoms with Crippen molar-refractivity contribution in [3.8, 4) is 0 Å². The number of H-pyrrole nitrogens is 1. The average molecular weight is 278 g/mol. The molecule has 2 atom stereocenters. The molecule has 1 saturated heterocycles. The molecule has 1 aromatic heterocycles. The third kappa shape index (κ3) is 3.46. The van der Waals surface area contributed by atoms with Gasteiger partial charge in [-0.3, -0.25) is 4.79 Å². The number of nitrogens with one attached hydrogen (secondary N) is 2. The zero-order valence-electron chi connectivity index (χ0n) is 13.0. The zero-order valence-corrected chi connectivity index (χ0v) is 13.0. The van der Waals surface area contributed by atoms with E-state index in [0.29, 0.717) is 11.7 Å². The van der Waals surface area contributed by atoms with E-state index >= 15 is 0 Å². The van der Waals surface area contributed by atoms with Crippen molar-refractivity contribution in [3.63, 3.8) is 0 Å². The van der Waals surface area contributed by atoms with Gasteiger partial charge in [0.25, 0.3) is 5.56 Å². The molecule has 2 N–H and O–H groups in total. The van der Waals surface area contributed by atoms with E-state index in [-0.39, 0.29) is 11.6 Å². The Morgan fingerprint density at radius 3 is 2.85 bits per heavy atom. The molecule has 2 unspecified atom stereocenters. The SMILES string of the molecule is CCN1CCC(CNC(C)c2c(C)nc(C)[nH]c2=O)C1. The molecule has 0 spiro atoms. The lowest BCUT2D eigenvalue weighted by atomic mass is 10.1. The lowest BCUT2D eigenvalue weighted by molar-refractivity contribution is 0.336. The van der Waals surface area contributed by atoms with E-state index < -0.39 is 0 Å². The minimum absolute atomic E-state index is 0.0170. The van der Waals surface area contributed by atoms with Gasteiger partial charge in [0.1, 0.15) is 5.82 Å². The molecule has 0 bridgehead atoms. The number of hydrogen-bond donors (Lipinski definition) is 2. The first kappa shape index (κ1) is 15.2. The highest BCUT2D eigenvalue weighted by Crippen LogP contribution is 2.17. The Labute approximate surface area is 120 Å². The van der Waals surface area contributed by atoms with Crippen molar-refractivity contribution >= 4 is 0 Å². The first-order valence-electron chi connectivity index (χ1n) is 7.54. The fraction of sp³-hybridized carbons (Fsp3) is 0.733. The Bertz CT molecular complexity index is 511. The lowest BCUT2D eigenvalue weighted by Gasteiger charge is -2.18. The maximum absolute atomic E-state index is 12.1. The molecule has 0 amide bonds. The topological polar surface area (TPSA) is 61.0 Å². The quantitative estimate of drug-likeness (QED) is 0.854. The van der Waals surface area contributed by atoms with E-state index in [9.17, 15) is 4.79 Å². The van der Waals surface area contributed by atoms with Crippen LogP contribution in [0.2, 0.25) is 0 Å². The Morgan fingerprint density at radius 2 is 2.25 bits per heavy atom. The number of rotatable bonds is 5. The largest absolute Gasteiger partial charge is 0.310 e. The summed E-state index contributed by atoms with van der Waals surface area (Å²) in [5.74, 6) is 1.37. The van der Waals surface area contributed by atoms with Crippen molar-refractivity contribution in [3.05, 3.63) is 27.4 Å². The first-order valence-corrected chi connectivity index (χ1v) is 7.54. The van der Waals surface area contributed by atoms with Gasteiger partial charge < -0.3 is 15.2 Å². The van der Waals surface area contributed by atoms with E-state index in [1.807, 2.05) is 20.8 Å². The Kier molecular flexibility index (Phi) is 4.94. The van der Waals surface area contributed by atoms with Crippen LogP contribution in [0.1, 0.15) is 43.4 Å². The summed E-state index contributed by atoms with van der Waals surface area (Å²) in [6, 6.07) is 0.0440. The Hall–Kier alpha value is -1.20. The molecule has 112 valence electrons. The molecule has 1 fully saturated rings. The molecule has 0 radical (unpaired) electrons. The summed E-state index contributed by atoms with van der Waals surface area (Å²) < 4.78 is 0. The van der Waals surface area contributed by atoms with Gasteiger partial charge in [0, 0.05) is 18.3 Å². The van der Waals surface area contributed by atoms with Crippen molar-refractivity contribution in [2.75, 3.05) is 26.2 Å². The first-order chi connectivity index (χ1) is 9.51. The summed E-state index contributed by atoms with van der Waals surface area (Å²) in [6.07, 6.45) is 1.25. The molecule has 0 aromatic carbocycles. The highest BCUT2D eigenvalue weighted by Gasteiger charge is 2.22. The van der Waals surface area contributed by atoms with E-state index in [2.05, 4.69) is 27.1 Å². The van der Waals surface area contributed by atoms with E-state index in [1.165, 1.54) is 13.0 Å². The highest BCUT2D eigenvalue weighted by molar-refractivity contribution is 5.19. The van der Waals surface area contributed by atoms with Crippen LogP contribution >= 0.6 is 0 Å². The predicted octanol–water partition coefficient (Wildman–Crippen LogP) is 1.38. The molecule has 0 saturated carbocycles. The van der Waals surface area contributed by atoms with Crippen LogP contribution in [0.5, 0.6) is 0 Å². The third-order valence-electron chi connectivity index (χ3n) is 4.23. The molecule has 2 heterocycles. The monoisotopic (exact) mass is 278 g/mol. The van der Waals surface area contributed by atoms with Crippen LogP contribution in [0, 0.1) is 19.8 Å². The molecular weight excluding hydrogens is 252 g/mol. The predicted molar refractivity (Wildman–Crippen MR) is 81.0 cm³/mol. The van der Waals surface area contributed by atoms with E-state index in [0.717, 1.165) is 30.9 Å². The van der Waals surface area contributed by atoms with Gasteiger partial charge in [-0.25, -0.2) is 4.98 Å². The molecule has 20 heavy (non-hydrogen) atoms. The van der Waals surface area contributed by atoms with Gasteiger partial charge in [-0.1, -0.05) is 6.92 Å². The zero-order chi connectivity index (χ0) is 14.7. The van der Waals surface area contributed by atoms with Crippen LogP contribution in [0.4, 0.5) is 0 Å². The maximum Gasteiger partial charge on any atom is 0.255 e. The summed E-state index contributed by atoms with van der Waals surface area (Å²) in [6.45, 7) is 12.4. The molecule has 5 nitrogen and oxygen atoms in total. The van der Waals surface area contributed by atoms with Crippen molar-refractivity contribution in [1.29, 1.82) is 0 Å². The number of nitrogens with zero attached hydrogens (tertiary/aromatic N) is 2. The second-order valence-electron chi connectivity index (χ2n) is 5.83. The molecule has 5 heteroatoms. The Morgan fingerprint density at radius 1 is 1.50 bits per heavy atom. The van der Waals surface area contributed by atoms with Gasteiger partial charge in [0.05, 0.1) is 5.56 Å². The van der Waals surface area contributed by atoms with Crippen LogP contribution in [-0.2, 0) is 0 Å². The van der Waals surface area contributed by atoms with Gasteiger partial charge in [-0.15, -0.1) is 0 Å². The van der Waals surface area contributed by atoms with Crippen LogP contribution in [0.3, 0.4) is 0 Å². The van der Waals surface area contributed by atoms with E-state index in [1.54, 1.807) is 0 Å². The second-order valence-corrected chi connectivity index (χ2v) is 5.83. The average Bonchev–Trinajstić information content (AvgIpc) is 2.83. The van der Waals surface area contributed by atoms with Crippen molar-refractivity contribution in [1.82, 2.24) is 20.2 Å². The number of aromatic nitrogens is 2. The number of aryl methyl sites for hydroxylation is 2. The number of aromatic amines is 1. The highest BCUT2D eigenvalue weighted by atomic mass is 16.1. The summed E-state index contributed by atoms with van der Waals surface area (Å²) in [5, 5.41) is 3.50. The van der Waals surface area contributed by atoms with Gasteiger partial charge in [-0.2, -0.15) is 0 Å². The van der Waals surface area contributed by atoms with Crippen LogP contribution in [0.25, 0.3) is 0 Å². The van der Waals surface area contributed by atoms with Crippen LogP contribution in [0.15, 0.2) is 4.79 Å². The lowest BCUT2D eigenvalue weighted by Crippen LogP contribution is -2.32. The molecular formula is C15H26N4O. The standard InChI is InChI=1S/C15H26N4O/c1-5-19-7-6-13(9-19)8-16-10(2)14-11(3)17-12(4)18-15(14)20/h10,13,16H,5-9H2,1-4H3,(H,17,18,20). The summed E-state index contributed by atoms with van der Waals surface area (Å²) in [5.41, 5.74) is 1.57. The molecule has 1 aliphatic rings. The van der Waals surface area contributed by atoms with Gasteiger partial charge in [0.2, 0.25) is 0 Å². The minimum Gasteiger partial charge on any atom is -0.310 e. The molecule has 2 rings (SSSR count). The maximum atomic E-state index is 12.1. The fourth-order valence-electron chi connectivity index (χ4n) is 3.06. The number of likely N-dealkylation sites (tertiary alicyclic amines) is 1. The third-order valence-corrected chi connectivity index (χ3v) is 4.23. The minimum atomic E-state index is -0.0170. The second kappa shape index (κ2) is 6.50. The van der Waals surface area contributed by atoms with E-state index in [4.69, 9.17) is 0 Å². The van der Waals surface area contributed by atoms with Crippen molar-refractivity contribution in [2.24, 2.45) is 5.92 Å². The fourth-order valence-corrected chi connectivity index (χ4v) is 3.06.